The Balaban J connectivity index is 0.000000814. The molecule has 16 heteroatoms. The van der Waals surface area contributed by atoms with Crippen molar-refractivity contribution in [3.8, 4) is 45.0 Å². The zero-order chi connectivity index (χ0) is 50.5. The minimum atomic E-state index is -0.125. The Labute approximate surface area is 442 Å². The fraction of sp³-hybridized carbons (Fsp3) is 0.109. The third-order valence-electron chi connectivity index (χ3n) is 7.49. The standard InChI is InChI=1S/C10H8N2.3C10H7N2.3C5H8O2.2Ir/c4*1-2-7-12-10(5-1)9-4-3-6-11-8-9;3*1-4(6)3-5(2)7;;/h1-8H;3*1-3,5-8H;3*3,6H,1-2H3;;/q;3*-1;;;;;+3. The zero-order valence-electron chi connectivity index (χ0n) is 39.8. The molecule has 0 fully saturated rings. The van der Waals surface area contributed by atoms with Crippen molar-refractivity contribution < 1.29 is 69.9 Å². The number of aromatic nitrogens is 8. The first-order valence-corrected chi connectivity index (χ1v) is 20.9. The Morgan fingerprint density at radius 1 is 0.394 bits per heavy atom. The summed E-state index contributed by atoms with van der Waals surface area (Å²) in [6.45, 7) is 8.54. The number of hydrogen-bond acceptors (Lipinski definition) is 14. The number of rotatable bonds is 7. The van der Waals surface area contributed by atoms with Gasteiger partial charge in [0, 0.05) is 81.1 Å². The van der Waals surface area contributed by atoms with E-state index in [1.165, 1.54) is 59.8 Å². The first kappa shape index (κ1) is 63.1. The molecule has 0 saturated heterocycles. The van der Waals surface area contributed by atoms with E-state index in [2.05, 4.69) is 58.1 Å². The number of nitrogens with zero attached hydrogens (tertiary/aromatic N) is 8. The predicted molar refractivity (Wildman–Crippen MR) is 268 cm³/mol. The van der Waals surface area contributed by atoms with Crippen LogP contribution < -0.4 is 0 Å². The number of carbonyl (C=O) groups excluding carboxylic acids is 3. The number of hydrogen-bond donors (Lipinski definition) is 3. The van der Waals surface area contributed by atoms with Crippen LogP contribution in [0.3, 0.4) is 0 Å². The Kier molecular flexibility index (Phi) is 34.7. The monoisotopic (exact) mass is 1310 g/mol. The molecular weight excluding hydrogens is 1250 g/mol. The van der Waals surface area contributed by atoms with Crippen molar-refractivity contribution in [1.82, 2.24) is 39.9 Å². The molecule has 0 aliphatic heterocycles. The van der Waals surface area contributed by atoms with Gasteiger partial charge >= 0.3 is 20.1 Å². The van der Waals surface area contributed by atoms with E-state index in [4.69, 9.17) is 15.3 Å². The number of ketones is 3. The second-order valence-corrected chi connectivity index (χ2v) is 13.7. The molecular formula is C55H53Ir2N8O6. The minimum absolute atomic E-state index is 0. The number of aliphatic hydroxyl groups excluding tert-OH is 3. The summed E-state index contributed by atoms with van der Waals surface area (Å²) in [4.78, 5) is 62.8. The molecule has 71 heavy (non-hydrogen) atoms. The summed E-state index contributed by atoms with van der Waals surface area (Å²) in [7, 11) is 0. The van der Waals surface area contributed by atoms with Crippen LogP contribution in [0, 0.1) is 18.2 Å². The van der Waals surface area contributed by atoms with Crippen molar-refractivity contribution in [3.63, 3.8) is 0 Å². The van der Waals surface area contributed by atoms with Crippen molar-refractivity contribution in [3.05, 3.63) is 231 Å². The molecule has 3 N–H and O–H groups in total. The molecule has 0 aromatic carbocycles. The van der Waals surface area contributed by atoms with E-state index in [1.807, 2.05) is 91.1 Å². The van der Waals surface area contributed by atoms with Crippen LogP contribution in [0.25, 0.3) is 45.0 Å². The molecule has 14 nitrogen and oxygen atoms in total. The van der Waals surface area contributed by atoms with E-state index in [-0.39, 0.29) is 74.8 Å². The van der Waals surface area contributed by atoms with Gasteiger partial charge in [0.05, 0.1) is 23.0 Å². The fourth-order valence-corrected chi connectivity index (χ4v) is 4.89. The molecule has 0 bridgehead atoms. The molecule has 8 rings (SSSR count). The molecule has 8 heterocycles. The van der Waals surface area contributed by atoms with Crippen LogP contribution in [0.15, 0.2) is 213 Å². The van der Waals surface area contributed by atoms with Gasteiger partial charge in [0.25, 0.3) is 0 Å². The zero-order valence-corrected chi connectivity index (χ0v) is 44.6. The van der Waals surface area contributed by atoms with Crippen molar-refractivity contribution in [2.75, 3.05) is 0 Å². The molecule has 0 atom stereocenters. The Hall–Kier alpha value is -7.87. The summed E-state index contributed by atoms with van der Waals surface area (Å²) in [5, 5.41) is 25.1. The van der Waals surface area contributed by atoms with Gasteiger partial charge in [0.2, 0.25) is 0 Å². The van der Waals surface area contributed by atoms with Crippen LogP contribution in [-0.2, 0) is 54.6 Å². The van der Waals surface area contributed by atoms with Gasteiger partial charge in [-0.2, -0.15) is 0 Å². The van der Waals surface area contributed by atoms with Crippen LogP contribution >= 0.6 is 0 Å². The van der Waals surface area contributed by atoms with Gasteiger partial charge in [-0.25, -0.2) is 0 Å². The fourth-order valence-electron chi connectivity index (χ4n) is 4.89. The van der Waals surface area contributed by atoms with Crippen molar-refractivity contribution >= 4 is 17.3 Å². The second-order valence-electron chi connectivity index (χ2n) is 13.7. The van der Waals surface area contributed by atoms with Gasteiger partial charge in [-0.15, -0.1) is 53.1 Å². The first-order valence-electron chi connectivity index (χ1n) is 20.9. The van der Waals surface area contributed by atoms with Gasteiger partial charge in [0.15, 0.2) is 17.3 Å². The Morgan fingerprint density at radius 2 is 0.690 bits per heavy atom. The number of aliphatic hydroxyl groups is 3. The van der Waals surface area contributed by atoms with Crippen LogP contribution in [0.1, 0.15) is 41.5 Å². The van der Waals surface area contributed by atoms with Gasteiger partial charge in [-0.05, 0) is 101 Å². The van der Waals surface area contributed by atoms with Crippen LogP contribution in [-0.4, -0.2) is 72.5 Å². The number of carbonyl (C=O) groups is 3. The Bertz CT molecular complexity index is 2200. The van der Waals surface area contributed by atoms with Crippen molar-refractivity contribution in [2.24, 2.45) is 0 Å². The summed E-state index contributed by atoms with van der Waals surface area (Å²) in [5.41, 5.74) is 7.53. The predicted octanol–water partition coefficient (Wildman–Crippen LogP) is 11.1. The number of pyridine rings is 8. The minimum Gasteiger partial charge on any atom is -0.512 e. The maximum absolute atomic E-state index is 10.0. The summed E-state index contributed by atoms with van der Waals surface area (Å²) in [6.07, 6.45) is 24.5. The average molecular weight is 1310 g/mol. The maximum atomic E-state index is 10.0. The largest absolute Gasteiger partial charge is 3.00 e. The molecule has 8 aromatic rings. The molecule has 367 valence electrons. The molecule has 8 aromatic heterocycles. The molecule has 0 saturated carbocycles. The number of allylic oxidation sites excluding steroid dienone is 6. The van der Waals surface area contributed by atoms with E-state index in [0.29, 0.717) is 0 Å². The van der Waals surface area contributed by atoms with E-state index in [0.717, 1.165) is 45.0 Å². The first-order chi connectivity index (χ1) is 33.2. The molecule has 0 aliphatic carbocycles. The summed E-state index contributed by atoms with van der Waals surface area (Å²) < 4.78 is 0. The second kappa shape index (κ2) is 39.0. The van der Waals surface area contributed by atoms with Crippen molar-refractivity contribution in [1.29, 1.82) is 0 Å². The van der Waals surface area contributed by atoms with E-state index in [1.54, 1.807) is 86.4 Å². The van der Waals surface area contributed by atoms with Gasteiger partial charge in [0.1, 0.15) is 0 Å². The summed E-state index contributed by atoms with van der Waals surface area (Å²) in [6, 6.07) is 41.6. The Morgan fingerprint density at radius 3 is 0.887 bits per heavy atom. The SMILES string of the molecule is CC(=O)C=C(C)O.CC(=O)C=C(C)O.CC(=O)C=C(C)O.[Ir+3].[Ir].[c-]1ccncc1-c1ccccn1.[c-]1ccncc1-c1ccccn1.[c-]1ccncc1-c1ccccn1.c1ccc(-c2cccnc2)nc1. The van der Waals surface area contributed by atoms with E-state index < -0.39 is 0 Å². The molecule has 0 spiro atoms. The topological polar surface area (TPSA) is 215 Å². The van der Waals surface area contributed by atoms with E-state index >= 15 is 0 Å². The van der Waals surface area contributed by atoms with Gasteiger partial charge in [-0.3, -0.25) is 24.4 Å². The third kappa shape index (κ3) is 31.7. The summed E-state index contributed by atoms with van der Waals surface area (Å²) >= 11 is 0. The van der Waals surface area contributed by atoms with Crippen LogP contribution in [0.2, 0.25) is 0 Å². The van der Waals surface area contributed by atoms with Gasteiger partial charge in [-0.1, -0.05) is 79.6 Å². The van der Waals surface area contributed by atoms with E-state index in [9.17, 15) is 14.4 Å². The quantitative estimate of drug-likeness (QED) is 0.0769. The summed E-state index contributed by atoms with van der Waals surface area (Å²) in [5.74, 6) is -0.187. The molecule has 1 radical (unpaired) electrons. The molecule has 0 aliphatic rings. The van der Waals surface area contributed by atoms with Crippen LogP contribution in [0.4, 0.5) is 0 Å². The van der Waals surface area contributed by atoms with Crippen molar-refractivity contribution in [2.45, 2.75) is 41.5 Å². The normalized spacial score (nSPS) is 9.92. The molecule has 0 unspecified atom stereocenters. The maximum Gasteiger partial charge on any atom is 3.00 e. The smallest absolute Gasteiger partial charge is 0.512 e. The van der Waals surface area contributed by atoms with Crippen LogP contribution in [0.5, 0.6) is 0 Å². The average Bonchev–Trinajstić information content (AvgIpc) is 3.36. The van der Waals surface area contributed by atoms with Gasteiger partial charge < -0.3 is 45.2 Å². The third-order valence-corrected chi connectivity index (χ3v) is 7.49. The molecule has 0 amide bonds.